The van der Waals surface area contributed by atoms with E-state index in [4.69, 9.17) is 8.75 Å². The Morgan fingerprint density at radius 1 is 0.370 bits per heavy atom. The number of unbranched alkanes of at least 4 members (excludes halogenated alkanes) is 6. The number of hydrogen-bond acceptors (Lipinski definition) is 7. The van der Waals surface area contributed by atoms with E-state index in [1.54, 1.807) is 0 Å². The summed E-state index contributed by atoms with van der Waals surface area (Å²) >= 11 is 5.07. The van der Waals surface area contributed by atoms with Gasteiger partial charge in [-0.3, -0.25) is 0 Å². The van der Waals surface area contributed by atoms with E-state index in [2.05, 4.69) is 242 Å². The van der Waals surface area contributed by atoms with Crippen LogP contribution in [0.25, 0.3) is 56.2 Å². The number of aromatic nitrogens is 2. The van der Waals surface area contributed by atoms with Crippen LogP contribution in [0.2, 0.25) is 0 Å². The van der Waals surface area contributed by atoms with Crippen LogP contribution in [0.4, 0.5) is 34.1 Å². The van der Waals surface area contributed by atoms with E-state index >= 15 is 0 Å². The molecule has 0 aliphatic heterocycles. The van der Waals surface area contributed by atoms with Crippen LogP contribution in [0.3, 0.4) is 0 Å². The van der Waals surface area contributed by atoms with Crippen molar-refractivity contribution in [2.75, 3.05) is 9.80 Å². The van der Waals surface area contributed by atoms with Crippen molar-refractivity contribution in [1.82, 2.24) is 8.75 Å². The number of aryl methyl sites for hydroxylation is 2. The van der Waals surface area contributed by atoms with E-state index in [0.29, 0.717) is 0 Å². The predicted molar refractivity (Wildman–Crippen MR) is 320 cm³/mol. The molecular weight excluding hydrogens is 945 g/mol. The molecule has 0 radical (unpaired) electrons. The first kappa shape index (κ1) is 49.4. The highest BCUT2D eigenvalue weighted by molar-refractivity contribution is 7.17. The van der Waals surface area contributed by atoms with E-state index in [9.17, 15) is 0 Å². The molecule has 0 amide bonds. The van der Waals surface area contributed by atoms with Crippen LogP contribution in [0, 0.1) is 0 Å². The van der Waals surface area contributed by atoms with E-state index in [1.165, 1.54) is 105 Å². The molecule has 0 atom stereocenters. The van der Waals surface area contributed by atoms with E-state index in [0.717, 1.165) is 69.1 Å². The summed E-state index contributed by atoms with van der Waals surface area (Å²) in [6, 6.07) is 69.7. The van der Waals surface area contributed by atoms with Crippen molar-refractivity contribution in [3.63, 3.8) is 0 Å². The zero-order valence-corrected chi connectivity index (χ0v) is 44.3. The SMILES string of the molecule is CCCCCCc1cc(-c2ccc(-c3cc(CCCCCC)c(/C=C/c4ccc(N(c5ccccc5)c5ccccc5)cc4)s3)c3nsnc23)sc1/C=C/c1ccc(N(c2ccccc2)c2ccccc2)cc1. The Morgan fingerprint density at radius 3 is 1.05 bits per heavy atom. The third-order valence-electron chi connectivity index (χ3n) is 13.4. The molecule has 364 valence electrons. The van der Waals surface area contributed by atoms with Gasteiger partial charge < -0.3 is 9.80 Å². The maximum atomic E-state index is 5.00. The van der Waals surface area contributed by atoms with Crippen LogP contribution in [0.5, 0.6) is 0 Å². The molecule has 0 saturated heterocycles. The summed E-state index contributed by atoms with van der Waals surface area (Å²) in [4.78, 5) is 9.74. The van der Waals surface area contributed by atoms with Gasteiger partial charge in [0.25, 0.3) is 0 Å². The standard InChI is InChI=1S/C66H62N4S3/c1-3-5-7-13-23-51-47-63(71-61(51)45-37-49-33-39-57(40-34-49)69(53-25-15-9-16-26-53)54-27-17-10-18-28-54)59-43-44-60(66-65(59)67-73-68-66)64-48-52(24-14-8-6-4-2)62(72-64)46-38-50-35-41-58(42-36-50)70(55-29-19-11-20-30-55)56-31-21-12-22-32-56/h9-12,15-22,25-48H,3-8,13-14,23-24H2,1-2H3/b45-37+,46-38+. The topological polar surface area (TPSA) is 32.3 Å². The fourth-order valence-corrected chi connectivity index (χ4v) is 12.4. The van der Waals surface area contributed by atoms with Gasteiger partial charge >= 0.3 is 0 Å². The lowest BCUT2D eigenvalue weighted by Crippen LogP contribution is -2.09. The lowest BCUT2D eigenvalue weighted by molar-refractivity contribution is 0.667. The molecule has 7 heteroatoms. The second-order valence-electron chi connectivity index (χ2n) is 18.6. The van der Waals surface area contributed by atoms with Gasteiger partial charge in [-0.2, -0.15) is 8.75 Å². The zero-order valence-electron chi connectivity index (χ0n) is 41.9. The van der Waals surface area contributed by atoms with Gasteiger partial charge in [-0.1, -0.05) is 174 Å². The van der Waals surface area contributed by atoms with Crippen molar-refractivity contribution in [2.24, 2.45) is 0 Å². The molecule has 0 aliphatic carbocycles. The minimum atomic E-state index is 0.990. The van der Waals surface area contributed by atoms with Crippen molar-refractivity contribution >= 4 is 104 Å². The van der Waals surface area contributed by atoms with Crippen molar-refractivity contribution in [3.05, 3.63) is 226 Å². The fourth-order valence-electron chi connectivity index (χ4n) is 9.59. The third kappa shape index (κ3) is 12.0. The Morgan fingerprint density at radius 2 is 0.712 bits per heavy atom. The summed E-state index contributed by atoms with van der Waals surface area (Å²) in [7, 11) is 0. The van der Waals surface area contributed by atoms with Crippen LogP contribution in [-0.4, -0.2) is 8.75 Å². The Kier molecular flexibility index (Phi) is 16.6. The zero-order chi connectivity index (χ0) is 49.6. The highest BCUT2D eigenvalue weighted by Gasteiger charge is 2.20. The number of anilines is 6. The summed E-state index contributed by atoms with van der Waals surface area (Å²) in [5, 5.41) is 0. The number of fused-ring (bicyclic) bond motifs is 1. The highest BCUT2D eigenvalue weighted by Crippen LogP contribution is 2.43. The van der Waals surface area contributed by atoms with Crippen molar-refractivity contribution < 1.29 is 0 Å². The van der Waals surface area contributed by atoms with Gasteiger partial charge in [0, 0.05) is 64.8 Å². The van der Waals surface area contributed by atoms with E-state index < -0.39 is 0 Å². The summed E-state index contributed by atoms with van der Waals surface area (Å²) < 4.78 is 10.0. The molecule has 3 heterocycles. The first-order valence-corrected chi connectivity index (χ1v) is 28.4. The largest absolute Gasteiger partial charge is 0.311 e. The van der Waals surface area contributed by atoms with Gasteiger partial charge in [-0.05, 0) is 145 Å². The number of rotatable bonds is 22. The number of thiophene rings is 2. The lowest BCUT2D eigenvalue weighted by Gasteiger charge is -2.25. The lowest BCUT2D eigenvalue weighted by atomic mass is 10.0. The van der Waals surface area contributed by atoms with Crippen LogP contribution in [0.15, 0.2) is 194 Å². The highest BCUT2D eigenvalue weighted by atomic mass is 32.1. The molecule has 7 aromatic carbocycles. The fraction of sp³-hybridized carbons (Fsp3) is 0.182. The van der Waals surface area contributed by atoms with Crippen molar-refractivity contribution in [2.45, 2.75) is 78.1 Å². The maximum absolute atomic E-state index is 5.00. The van der Waals surface area contributed by atoms with Gasteiger partial charge in [-0.15, -0.1) is 22.7 Å². The van der Waals surface area contributed by atoms with Crippen LogP contribution >= 0.6 is 34.4 Å². The molecule has 0 unspecified atom stereocenters. The molecule has 0 N–H and O–H groups in total. The van der Waals surface area contributed by atoms with Gasteiger partial charge in [0.2, 0.25) is 0 Å². The van der Waals surface area contributed by atoms with E-state index in [1.807, 2.05) is 22.7 Å². The molecule has 10 rings (SSSR count). The molecule has 0 saturated carbocycles. The van der Waals surface area contributed by atoms with Crippen molar-refractivity contribution in [3.8, 4) is 20.9 Å². The van der Waals surface area contributed by atoms with Crippen LogP contribution in [-0.2, 0) is 12.8 Å². The molecule has 0 aliphatic rings. The van der Waals surface area contributed by atoms with Crippen LogP contribution < -0.4 is 9.80 Å². The average Bonchev–Trinajstić information content (AvgIpc) is 4.21. The minimum Gasteiger partial charge on any atom is -0.311 e. The summed E-state index contributed by atoms with van der Waals surface area (Å²) in [6.45, 7) is 4.57. The second kappa shape index (κ2) is 24.5. The number of benzene rings is 7. The normalized spacial score (nSPS) is 11.6. The second-order valence-corrected chi connectivity index (χ2v) is 21.3. The number of nitrogens with zero attached hydrogens (tertiary/aromatic N) is 4. The smallest absolute Gasteiger partial charge is 0.114 e. The molecule has 3 aromatic heterocycles. The molecule has 0 fully saturated rings. The molecule has 73 heavy (non-hydrogen) atoms. The Labute approximate surface area is 444 Å². The third-order valence-corrected chi connectivity index (χ3v) is 16.3. The quantitative estimate of drug-likeness (QED) is 0.0633. The van der Waals surface area contributed by atoms with E-state index in [-0.39, 0.29) is 0 Å². The van der Waals surface area contributed by atoms with Gasteiger partial charge in [0.15, 0.2) is 0 Å². The molecular formula is C66H62N4S3. The number of hydrogen-bond donors (Lipinski definition) is 0. The first-order valence-electron chi connectivity index (χ1n) is 26.0. The molecule has 4 nitrogen and oxygen atoms in total. The Balaban J connectivity index is 0.922. The van der Waals surface area contributed by atoms with Crippen molar-refractivity contribution in [1.29, 1.82) is 0 Å². The minimum absolute atomic E-state index is 0.990. The van der Waals surface area contributed by atoms with Gasteiger partial charge in [0.1, 0.15) is 11.0 Å². The predicted octanol–water partition coefficient (Wildman–Crippen LogP) is 20.7. The van der Waals surface area contributed by atoms with Gasteiger partial charge in [0.05, 0.1) is 11.7 Å². The first-order chi connectivity index (χ1) is 36.1. The maximum Gasteiger partial charge on any atom is 0.114 e. The molecule has 0 spiro atoms. The summed E-state index contributed by atoms with van der Waals surface area (Å²) in [6.07, 6.45) is 21.2. The van der Waals surface area contributed by atoms with Gasteiger partial charge in [-0.25, -0.2) is 0 Å². The molecule has 10 aromatic rings. The summed E-state index contributed by atoms with van der Waals surface area (Å²) in [5.41, 5.74) is 16.3. The Hall–Kier alpha value is -7.16. The van der Waals surface area contributed by atoms with Crippen LogP contribution in [0.1, 0.15) is 97.2 Å². The Bertz CT molecular complexity index is 3050. The number of para-hydroxylation sites is 4. The average molecular weight is 1010 g/mol. The monoisotopic (exact) mass is 1010 g/mol. The molecule has 0 bridgehead atoms. The summed E-state index contributed by atoms with van der Waals surface area (Å²) in [5.74, 6) is 0.